The average molecular weight is 419 g/mol. The Morgan fingerprint density at radius 1 is 1.08 bits per heavy atom. The summed E-state index contributed by atoms with van der Waals surface area (Å²) in [6, 6.07) is 15.4. The summed E-state index contributed by atoms with van der Waals surface area (Å²) >= 11 is 3.50. The summed E-state index contributed by atoms with van der Waals surface area (Å²) in [7, 11) is 0. The summed E-state index contributed by atoms with van der Waals surface area (Å²) in [5.74, 6) is -0.905. The van der Waals surface area contributed by atoms with Crippen molar-refractivity contribution in [2.45, 2.75) is 6.61 Å². The van der Waals surface area contributed by atoms with E-state index in [9.17, 15) is 4.79 Å². The van der Waals surface area contributed by atoms with E-state index in [2.05, 4.69) is 37.9 Å². The van der Waals surface area contributed by atoms with Crippen LogP contribution in [0.4, 0.5) is 5.69 Å². The van der Waals surface area contributed by atoms with E-state index < -0.39 is 5.97 Å². The number of carbonyl (C=O) groups is 1. The molecule has 0 aliphatic carbocycles. The molecule has 3 rings (SSSR count). The number of benzene rings is 2. The molecule has 0 spiro atoms. The lowest BCUT2D eigenvalue weighted by molar-refractivity contribution is 0.0697. The molecule has 1 heterocycles. The molecule has 2 aromatic carbocycles. The van der Waals surface area contributed by atoms with Gasteiger partial charge in [-0.2, -0.15) is 0 Å². The van der Waals surface area contributed by atoms with Crippen LogP contribution in [0.2, 0.25) is 0 Å². The molecule has 5 nitrogen and oxygen atoms in total. The number of piperazine rings is 1. The minimum Gasteiger partial charge on any atom is -0.478 e. The lowest BCUT2D eigenvalue weighted by Gasteiger charge is -2.36. The number of ether oxygens (including phenoxy) is 1. The molecule has 0 saturated carbocycles. The number of hydrogen-bond donors (Lipinski definition) is 1. The zero-order chi connectivity index (χ0) is 18.4. The highest BCUT2D eigenvalue weighted by molar-refractivity contribution is 9.10. The first-order valence-electron chi connectivity index (χ1n) is 8.75. The predicted octanol–water partition coefficient (Wildman–Crippen LogP) is 3.49. The monoisotopic (exact) mass is 418 g/mol. The number of carboxylic acids is 1. The van der Waals surface area contributed by atoms with Crippen LogP contribution < -0.4 is 4.90 Å². The van der Waals surface area contributed by atoms with Gasteiger partial charge in [0.25, 0.3) is 0 Å². The van der Waals surface area contributed by atoms with Gasteiger partial charge in [-0.05, 0) is 39.7 Å². The number of aromatic carboxylic acids is 1. The molecule has 0 bridgehead atoms. The van der Waals surface area contributed by atoms with Crippen molar-refractivity contribution < 1.29 is 14.6 Å². The quantitative estimate of drug-likeness (QED) is 0.697. The van der Waals surface area contributed by atoms with Crippen molar-refractivity contribution >= 4 is 27.6 Å². The zero-order valence-electron chi connectivity index (χ0n) is 14.6. The lowest BCUT2D eigenvalue weighted by atomic mass is 10.2. The predicted molar refractivity (Wildman–Crippen MR) is 106 cm³/mol. The van der Waals surface area contributed by atoms with Gasteiger partial charge in [0.05, 0.1) is 24.5 Å². The van der Waals surface area contributed by atoms with E-state index >= 15 is 0 Å². The Morgan fingerprint density at radius 2 is 1.81 bits per heavy atom. The van der Waals surface area contributed by atoms with Crippen LogP contribution in [0, 0.1) is 0 Å². The van der Waals surface area contributed by atoms with Gasteiger partial charge in [-0.1, -0.05) is 30.3 Å². The summed E-state index contributed by atoms with van der Waals surface area (Å²) in [6.45, 7) is 6.10. The molecular formula is C20H23BrN2O3. The number of halogens is 1. The molecule has 1 N–H and O–H groups in total. The Hall–Kier alpha value is -1.89. The number of nitrogens with zero attached hydrogens (tertiary/aromatic N) is 2. The van der Waals surface area contributed by atoms with Crippen LogP contribution in [0.5, 0.6) is 0 Å². The normalized spacial score (nSPS) is 15.2. The van der Waals surface area contributed by atoms with Gasteiger partial charge in [0.1, 0.15) is 0 Å². The first-order chi connectivity index (χ1) is 12.6. The van der Waals surface area contributed by atoms with Gasteiger partial charge in [0.2, 0.25) is 0 Å². The van der Waals surface area contributed by atoms with Gasteiger partial charge >= 0.3 is 5.97 Å². The van der Waals surface area contributed by atoms with Crippen molar-refractivity contribution in [3.63, 3.8) is 0 Å². The molecule has 0 radical (unpaired) electrons. The highest BCUT2D eigenvalue weighted by Gasteiger charge is 2.19. The third-order valence-corrected chi connectivity index (χ3v) is 5.21. The van der Waals surface area contributed by atoms with Crippen LogP contribution in [-0.2, 0) is 11.3 Å². The summed E-state index contributed by atoms with van der Waals surface area (Å²) in [6.07, 6.45) is 0. The van der Waals surface area contributed by atoms with Crippen LogP contribution in [0.1, 0.15) is 15.9 Å². The first kappa shape index (κ1) is 18.9. The molecule has 1 fully saturated rings. The molecule has 0 unspecified atom stereocenters. The smallest absolute Gasteiger partial charge is 0.335 e. The summed E-state index contributed by atoms with van der Waals surface area (Å²) in [4.78, 5) is 15.7. The molecule has 6 heteroatoms. The first-order valence-corrected chi connectivity index (χ1v) is 9.54. The van der Waals surface area contributed by atoms with Crippen molar-refractivity contribution in [1.82, 2.24) is 4.90 Å². The van der Waals surface area contributed by atoms with E-state index in [0.29, 0.717) is 12.2 Å². The van der Waals surface area contributed by atoms with Gasteiger partial charge in [-0.25, -0.2) is 4.79 Å². The Labute approximate surface area is 162 Å². The minimum atomic E-state index is -0.905. The Bertz CT molecular complexity index is 731. The maximum absolute atomic E-state index is 11.0. The van der Waals surface area contributed by atoms with Gasteiger partial charge in [0.15, 0.2) is 0 Å². The topological polar surface area (TPSA) is 53.0 Å². The lowest BCUT2D eigenvalue weighted by Crippen LogP contribution is -2.47. The Balaban J connectivity index is 1.42. The number of hydrogen-bond acceptors (Lipinski definition) is 4. The average Bonchev–Trinajstić information content (AvgIpc) is 2.66. The van der Waals surface area contributed by atoms with E-state index in [1.807, 2.05) is 24.3 Å². The van der Waals surface area contributed by atoms with E-state index in [4.69, 9.17) is 9.84 Å². The SMILES string of the molecule is O=C(O)c1ccc(N2CCN(CCOCc3ccccc3)CC2)c(Br)c1. The molecule has 1 aliphatic rings. The maximum atomic E-state index is 11.0. The second kappa shape index (κ2) is 9.16. The van der Waals surface area contributed by atoms with Crippen LogP contribution in [0.25, 0.3) is 0 Å². The Kier molecular flexibility index (Phi) is 6.66. The van der Waals surface area contributed by atoms with Crippen molar-refractivity contribution in [2.24, 2.45) is 0 Å². The fourth-order valence-corrected chi connectivity index (χ4v) is 3.70. The largest absolute Gasteiger partial charge is 0.478 e. The van der Waals surface area contributed by atoms with E-state index in [-0.39, 0.29) is 0 Å². The molecule has 138 valence electrons. The minimum absolute atomic E-state index is 0.301. The number of carboxylic acid groups (broad SMARTS) is 1. The summed E-state index contributed by atoms with van der Waals surface area (Å²) in [5.41, 5.74) is 2.55. The Morgan fingerprint density at radius 3 is 2.46 bits per heavy atom. The molecular weight excluding hydrogens is 396 g/mol. The van der Waals surface area contributed by atoms with E-state index in [1.54, 1.807) is 12.1 Å². The molecule has 1 aliphatic heterocycles. The fourth-order valence-electron chi connectivity index (χ4n) is 3.07. The molecule has 0 aromatic heterocycles. The van der Waals surface area contributed by atoms with Gasteiger partial charge in [-0.15, -0.1) is 0 Å². The van der Waals surface area contributed by atoms with Crippen molar-refractivity contribution in [1.29, 1.82) is 0 Å². The molecule has 0 amide bonds. The second-order valence-corrected chi connectivity index (χ2v) is 7.19. The van der Waals surface area contributed by atoms with E-state index in [1.165, 1.54) is 5.56 Å². The van der Waals surface area contributed by atoms with Crippen molar-refractivity contribution in [2.75, 3.05) is 44.2 Å². The van der Waals surface area contributed by atoms with Crippen LogP contribution in [-0.4, -0.2) is 55.3 Å². The van der Waals surface area contributed by atoms with E-state index in [0.717, 1.165) is 49.5 Å². The molecule has 0 atom stereocenters. The summed E-state index contributed by atoms with van der Waals surface area (Å²) < 4.78 is 6.60. The zero-order valence-corrected chi connectivity index (χ0v) is 16.2. The summed E-state index contributed by atoms with van der Waals surface area (Å²) in [5, 5.41) is 9.07. The van der Waals surface area contributed by atoms with Gasteiger partial charge < -0.3 is 14.7 Å². The number of anilines is 1. The van der Waals surface area contributed by atoms with Crippen molar-refractivity contribution in [3.8, 4) is 0 Å². The van der Waals surface area contributed by atoms with Crippen LogP contribution in [0.3, 0.4) is 0 Å². The standard InChI is InChI=1S/C20H23BrN2O3/c21-18-14-17(20(24)25)6-7-19(18)23-10-8-22(9-11-23)12-13-26-15-16-4-2-1-3-5-16/h1-7,14H,8-13,15H2,(H,24,25). The third kappa shape index (κ3) is 5.06. The van der Waals surface area contributed by atoms with Crippen molar-refractivity contribution in [3.05, 3.63) is 64.1 Å². The highest BCUT2D eigenvalue weighted by atomic mass is 79.9. The van der Waals surface area contributed by atoms with Gasteiger partial charge in [0, 0.05) is 37.2 Å². The maximum Gasteiger partial charge on any atom is 0.335 e. The third-order valence-electron chi connectivity index (χ3n) is 4.57. The van der Waals surface area contributed by atoms with Crippen LogP contribution in [0.15, 0.2) is 53.0 Å². The molecule has 2 aromatic rings. The molecule has 26 heavy (non-hydrogen) atoms. The molecule has 1 saturated heterocycles. The van der Waals surface area contributed by atoms with Crippen LogP contribution >= 0.6 is 15.9 Å². The number of rotatable bonds is 7. The van der Waals surface area contributed by atoms with Gasteiger partial charge in [-0.3, -0.25) is 4.90 Å². The fraction of sp³-hybridized carbons (Fsp3) is 0.350. The second-order valence-electron chi connectivity index (χ2n) is 6.34. The highest BCUT2D eigenvalue weighted by Crippen LogP contribution is 2.28.